The molecule has 0 aliphatic rings. The number of para-hydroxylation sites is 1. The van der Waals surface area contributed by atoms with Gasteiger partial charge in [-0.15, -0.1) is 22.7 Å². The minimum absolute atomic E-state index is 0. The number of thiazole rings is 2. The fourth-order valence-corrected chi connectivity index (χ4v) is 22.1. The normalized spacial score (nSPS) is 11.4. The van der Waals surface area contributed by atoms with Crippen LogP contribution in [-0.4, -0.2) is 31.2 Å². The van der Waals surface area contributed by atoms with E-state index in [1.165, 1.54) is 46.2 Å². The van der Waals surface area contributed by atoms with Crippen LogP contribution < -0.4 is 41.5 Å². The zero-order valence-electron chi connectivity index (χ0n) is 38.7. The first-order chi connectivity index (χ1) is 34.5. The summed E-state index contributed by atoms with van der Waals surface area (Å²) >= 11 is 8.95. The molecule has 9 heteroatoms. The van der Waals surface area contributed by atoms with Gasteiger partial charge in [0.2, 0.25) is 0 Å². The largest absolute Gasteiger partial charge is 0.779 e. The number of rotatable bonds is 10. The number of aromatic nitrogens is 2. The number of phenols is 1. The van der Waals surface area contributed by atoms with E-state index >= 15 is 0 Å². The Bertz CT molecular complexity index is 3250. The molecule has 0 aliphatic carbocycles. The molecule has 3 nitrogen and oxygen atoms in total. The summed E-state index contributed by atoms with van der Waals surface area (Å²) in [5.41, 5.74) is 3.77. The van der Waals surface area contributed by atoms with Crippen molar-refractivity contribution in [2.24, 2.45) is 0 Å². The Hall–Kier alpha value is -6.94. The van der Waals surface area contributed by atoms with Crippen molar-refractivity contribution in [2.75, 3.05) is 0 Å². The summed E-state index contributed by atoms with van der Waals surface area (Å²) in [5.74, 6) is 0.258. The Kier molecular flexibility index (Phi) is 14.2. The van der Waals surface area contributed by atoms with Crippen molar-refractivity contribution in [3.05, 3.63) is 267 Å². The number of fused-ring (bicyclic) bond motifs is 2. The molecular weight excluding hydrogens is 1010 g/mol. The summed E-state index contributed by atoms with van der Waals surface area (Å²) in [7, 11) is -5.11. The standard InChI is InChI=1S/C31H23NOSSi.C31H23NS2Si.Zn/c2*33-29-19-11-10-18-27(29)31-32-28-21-20-26(22-30(28)34-31)35(23-12-4-1-5-13-23,24-14-6-2-7-15-24)25-16-8-3-9-17-25;/h2*1-22,33H;/p-1. The Balaban J connectivity index is 0.000000162. The monoisotopic (exact) mass is 1050 g/mol. The molecule has 10 aromatic carbocycles. The summed E-state index contributed by atoms with van der Waals surface area (Å²) in [4.78, 5) is 10.7. The molecule has 1 N–H and O–H groups in total. The summed E-state index contributed by atoms with van der Waals surface area (Å²) in [6.45, 7) is 0. The topological polar surface area (TPSA) is 46.0 Å². The van der Waals surface area contributed by atoms with E-state index < -0.39 is 16.1 Å². The van der Waals surface area contributed by atoms with Crippen LogP contribution in [0.1, 0.15) is 0 Å². The van der Waals surface area contributed by atoms with Gasteiger partial charge in [0, 0.05) is 19.5 Å². The second-order valence-electron chi connectivity index (χ2n) is 17.1. The average molecular weight is 1050 g/mol. The van der Waals surface area contributed by atoms with Crippen LogP contribution in [0, 0.1) is 0 Å². The summed E-state index contributed by atoms with van der Waals surface area (Å²) in [5, 5.41) is 23.1. The molecule has 2 heterocycles. The van der Waals surface area contributed by atoms with Crippen LogP contribution in [0.3, 0.4) is 0 Å². The number of hydrogen-bond acceptors (Lipinski definition) is 6. The molecule has 2 aromatic heterocycles. The number of aromatic hydroxyl groups is 1. The van der Waals surface area contributed by atoms with Crippen molar-refractivity contribution in [1.29, 1.82) is 0 Å². The van der Waals surface area contributed by atoms with E-state index in [1.807, 2.05) is 36.4 Å². The third kappa shape index (κ3) is 9.06. The number of hydrogen-bond donors (Lipinski definition) is 1. The first kappa shape index (κ1) is 47.7. The van der Waals surface area contributed by atoms with Gasteiger partial charge in [-0.3, -0.25) is 0 Å². The van der Waals surface area contributed by atoms with Crippen LogP contribution in [0.5, 0.6) is 5.75 Å². The fraction of sp³-hybridized carbons (Fsp3) is 0. The molecule has 0 unspecified atom stereocenters. The first-order valence-corrected chi connectivity index (χ1v) is 29.3. The predicted molar refractivity (Wildman–Crippen MR) is 305 cm³/mol. The molecule has 0 bridgehead atoms. The number of phenolic OH excluding ortho intramolecular Hbond substituents is 1. The van der Waals surface area contributed by atoms with Crippen molar-refractivity contribution < 1.29 is 24.6 Å². The van der Waals surface area contributed by atoms with Crippen molar-refractivity contribution in [2.45, 2.75) is 4.90 Å². The van der Waals surface area contributed by atoms with Gasteiger partial charge >= 0.3 is 0 Å². The second kappa shape index (κ2) is 21.2. The summed E-state index contributed by atoms with van der Waals surface area (Å²) in [6, 6.07) is 94.8. The molecule has 338 valence electrons. The molecule has 0 radical (unpaired) electrons. The van der Waals surface area contributed by atoms with E-state index in [9.17, 15) is 5.11 Å². The van der Waals surface area contributed by atoms with Gasteiger partial charge in [-0.1, -0.05) is 231 Å². The van der Waals surface area contributed by atoms with Crippen LogP contribution in [0.4, 0.5) is 0 Å². The van der Waals surface area contributed by atoms with Crippen molar-refractivity contribution in [3.8, 4) is 26.9 Å². The quantitative estimate of drug-likeness (QED) is 0.0843. The van der Waals surface area contributed by atoms with Gasteiger partial charge < -0.3 is 17.7 Å². The van der Waals surface area contributed by atoms with E-state index in [1.54, 1.807) is 28.7 Å². The summed E-state index contributed by atoms with van der Waals surface area (Å²) in [6.07, 6.45) is 0. The third-order valence-corrected chi connectivity index (χ3v) is 25.1. The smallest absolute Gasteiger partial charge is 0.179 e. The van der Waals surface area contributed by atoms with E-state index in [0.29, 0.717) is 0 Å². The maximum absolute atomic E-state index is 10.4. The van der Waals surface area contributed by atoms with Gasteiger partial charge in [0.05, 0.1) is 26.0 Å². The Labute approximate surface area is 443 Å². The van der Waals surface area contributed by atoms with E-state index in [4.69, 9.17) is 22.6 Å². The third-order valence-electron chi connectivity index (χ3n) is 13.1. The number of nitrogens with zero attached hydrogens (tertiary/aromatic N) is 2. The Morgan fingerprint density at radius 3 is 0.958 bits per heavy atom. The zero-order chi connectivity index (χ0) is 47.3. The first-order valence-electron chi connectivity index (χ1n) is 23.2. The van der Waals surface area contributed by atoms with Gasteiger partial charge in [-0.05, 0) is 83.5 Å². The maximum atomic E-state index is 10.4. The molecule has 12 aromatic rings. The predicted octanol–water partition coefficient (Wildman–Crippen LogP) is 10.3. The van der Waals surface area contributed by atoms with E-state index in [2.05, 4.69) is 224 Å². The Morgan fingerprint density at radius 2 is 0.620 bits per heavy atom. The molecule has 0 atom stereocenters. The van der Waals surface area contributed by atoms with Crippen molar-refractivity contribution in [1.82, 2.24) is 9.97 Å². The molecule has 0 saturated carbocycles. The van der Waals surface area contributed by atoms with Crippen LogP contribution in [-0.2, 0) is 32.1 Å². The van der Waals surface area contributed by atoms with Gasteiger partial charge in [0.15, 0.2) is 16.1 Å². The average Bonchev–Trinajstić information content (AvgIpc) is 4.06. The molecule has 0 saturated heterocycles. The number of benzene rings is 10. The van der Waals surface area contributed by atoms with E-state index in [-0.39, 0.29) is 25.2 Å². The minimum Gasteiger partial charge on any atom is -0.779 e. The minimum atomic E-state index is -2.57. The van der Waals surface area contributed by atoms with Gasteiger partial charge in [0.25, 0.3) is 0 Å². The molecule has 0 amide bonds. The van der Waals surface area contributed by atoms with Crippen LogP contribution in [0.25, 0.3) is 41.6 Å². The van der Waals surface area contributed by atoms with E-state index in [0.717, 1.165) is 41.8 Å². The molecule has 12 rings (SSSR count). The second-order valence-corrected chi connectivity index (χ2v) is 27.2. The van der Waals surface area contributed by atoms with Crippen LogP contribution in [0.15, 0.2) is 272 Å². The maximum Gasteiger partial charge on any atom is 0.179 e. The fourth-order valence-electron chi connectivity index (χ4n) is 9.97. The van der Waals surface area contributed by atoms with Gasteiger partial charge in [-0.25, -0.2) is 9.97 Å². The molecule has 0 fully saturated rings. The van der Waals surface area contributed by atoms with Crippen LogP contribution >= 0.6 is 22.7 Å². The van der Waals surface area contributed by atoms with Gasteiger partial charge in [-0.2, -0.15) is 4.90 Å². The molecule has 71 heavy (non-hydrogen) atoms. The molecule has 0 aliphatic heterocycles. The zero-order valence-corrected chi connectivity index (χ0v) is 46.1. The van der Waals surface area contributed by atoms with Crippen molar-refractivity contribution in [3.63, 3.8) is 0 Å². The van der Waals surface area contributed by atoms with Gasteiger partial charge in [0.1, 0.15) is 15.8 Å². The molecule has 0 spiro atoms. The van der Waals surface area contributed by atoms with Crippen LogP contribution in [0.2, 0.25) is 0 Å². The summed E-state index contributed by atoms with van der Waals surface area (Å²) < 4.78 is 2.32. The SMILES string of the molecule is Oc1ccccc1-c1nc2ccc([Si](c3ccccc3)(c3ccccc3)c3ccccc3)cc2s1.[S-]c1ccccc1-c1nc2ccc([Si](c3ccccc3)(c3ccccc3)c3ccccc3)cc2s1.[Zn]. The Morgan fingerprint density at radius 1 is 0.324 bits per heavy atom. The van der Waals surface area contributed by atoms with Crippen molar-refractivity contribution >= 4 is 113 Å². The molecular formula is C62H45N2OS3Si2Zn-.